The molecule has 2 N–H and O–H groups in total. The number of aliphatic hydroxyl groups is 2. The summed E-state index contributed by atoms with van der Waals surface area (Å²) in [6, 6.07) is 5.84. The van der Waals surface area contributed by atoms with E-state index in [1.54, 1.807) is 26.0 Å². The van der Waals surface area contributed by atoms with Crippen LogP contribution < -0.4 is 10.4 Å². The summed E-state index contributed by atoms with van der Waals surface area (Å²) < 4.78 is 15.7. The lowest BCUT2D eigenvalue weighted by Gasteiger charge is -2.33. The van der Waals surface area contributed by atoms with Crippen molar-refractivity contribution in [2.24, 2.45) is 0 Å². The third kappa shape index (κ3) is 4.96. The van der Waals surface area contributed by atoms with Crippen molar-refractivity contribution in [1.29, 1.82) is 0 Å². The lowest BCUT2D eigenvalue weighted by atomic mass is 9.91. The quantitative estimate of drug-likeness (QED) is 0.453. The fraction of sp³-hybridized carbons (Fsp3) is 0.400. The van der Waals surface area contributed by atoms with Gasteiger partial charge in [0.25, 0.3) is 0 Å². The molecule has 27 heavy (non-hydrogen) atoms. The number of allylic oxidation sites excluding steroid dienone is 1. The Morgan fingerprint density at radius 3 is 2.48 bits per heavy atom. The Hall–Kier alpha value is -2.64. The third-order valence-corrected chi connectivity index (χ3v) is 3.92. The molecule has 0 saturated carbocycles. The van der Waals surface area contributed by atoms with Gasteiger partial charge in [0, 0.05) is 29.2 Å². The van der Waals surface area contributed by atoms with Gasteiger partial charge in [0.2, 0.25) is 0 Å². The molecular weight excluding hydrogens is 352 g/mol. The molecule has 0 radical (unpaired) electrons. The van der Waals surface area contributed by atoms with Gasteiger partial charge in [-0.2, -0.15) is 0 Å². The van der Waals surface area contributed by atoms with E-state index < -0.39 is 29.4 Å². The van der Waals surface area contributed by atoms with Gasteiger partial charge in [-0.1, -0.05) is 5.57 Å². The van der Waals surface area contributed by atoms with Crippen molar-refractivity contribution in [3.63, 3.8) is 0 Å². The van der Waals surface area contributed by atoms with E-state index in [1.165, 1.54) is 39.2 Å². The summed E-state index contributed by atoms with van der Waals surface area (Å²) in [5, 5.41) is 21.9. The number of benzene rings is 1. The summed E-state index contributed by atoms with van der Waals surface area (Å²) in [7, 11) is 1.40. The van der Waals surface area contributed by atoms with E-state index >= 15 is 0 Å². The molecule has 0 aliphatic carbocycles. The summed E-state index contributed by atoms with van der Waals surface area (Å²) >= 11 is 0. The van der Waals surface area contributed by atoms with Crippen LogP contribution in [0.2, 0.25) is 0 Å². The van der Waals surface area contributed by atoms with Crippen molar-refractivity contribution in [3.05, 3.63) is 51.9 Å². The molecule has 1 aromatic carbocycles. The van der Waals surface area contributed by atoms with E-state index in [0.29, 0.717) is 5.39 Å². The van der Waals surface area contributed by atoms with Gasteiger partial charge in [0.1, 0.15) is 17.4 Å². The number of rotatable bonds is 6. The minimum atomic E-state index is -1.53. The highest BCUT2D eigenvalue weighted by Gasteiger charge is 2.38. The molecule has 1 aromatic heterocycles. The van der Waals surface area contributed by atoms with Gasteiger partial charge in [-0.15, -0.1) is 0 Å². The number of carbonyl (C=O) groups is 1. The van der Waals surface area contributed by atoms with Gasteiger partial charge in [0.15, 0.2) is 6.10 Å². The SMILES string of the molecule is COc1cc2oc(=O)ccc2cc1C(O)C(OC(=O)C=C(C)C)C(C)(C)O. The van der Waals surface area contributed by atoms with Crippen molar-refractivity contribution >= 4 is 16.9 Å². The van der Waals surface area contributed by atoms with Crippen LogP contribution in [0.3, 0.4) is 0 Å². The summed E-state index contributed by atoms with van der Waals surface area (Å²) in [5.41, 5.74) is -0.744. The first-order valence-electron chi connectivity index (χ1n) is 8.40. The lowest BCUT2D eigenvalue weighted by Crippen LogP contribution is -2.43. The molecule has 0 bridgehead atoms. The first-order valence-corrected chi connectivity index (χ1v) is 8.40. The second kappa shape index (κ2) is 7.94. The van der Waals surface area contributed by atoms with Crippen molar-refractivity contribution in [2.45, 2.75) is 45.5 Å². The topological polar surface area (TPSA) is 106 Å². The maximum Gasteiger partial charge on any atom is 0.336 e. The Morgan fingerprint density at radius 2 is 1.93 bits per heavy atom. The molecule has 0 aliphatic rings. The maximum absolute atomic E-state index is 12.0. The molecule has 146 valence electrons. The van der Waals surface area contributed by atoms with Crippen LogP contribution in [0.25, 0.3) is 11.0 Å². The molecule has 0 amide bonds. The first-order chi connectivity index (χ1) is 12.5. The minimum absolute atomic E-state index is 0.233. The average Bonchev–Trinajstić information content (AvgIpc) is 2.56. The molecule has 7 nitrogen and oxygen atoms in total. The fourth-order valence-corrected chi connectivity index (χ4v) is 2.68. The predicted octanol–water partition coefficient (Wildman–Crippen LogP) is 2.48. The van der Waals surface area contributed by atoms with Crippen molar-refractivity contribution < 1.29 is 28.9 Å². The monoisotopic (exact) mass is 376 g/mol. The Labute approximate surface area is 156 Å². The standard InChI is InChI=1S/C20H24O7/c1-11(2)8-17(22)27-19(20(3,4)24)18(23)13-9-12-6-7-16(21)26-14(12)10-15(13)25-5/h6-10,18-19,23-24H,1-5H3. The molecule has 2 rings (SSSR count). The number of ether oxygens (including phenoxy) is 2. The van der Waals surface area contributed by atoms with Gasteiger partial charge in [-0.05, 0) is 39.8 Å². The van der Waals surface area contributed by atoms with E-state index in [0.717, 1.165) is 5.57 Å². The molecule has 0 saturated heterocycles. The molecule has 2 unspecified atom stereocenters. The van der Waals surface area contributed by atoms with Crippen LogP contribution in [0.5, 0.6) is 5.75 Å². The van der Waals surface area contributed by atoms with Crippen LogP contribution >= 0.6 is 0 Å². The second-order valence-corrected chi connectivity index (χ2v) is 7.06. The van der Waals surface area contributed by atoms with Crippen molar-refractivity contribution in [1.82, 2.24) is 0 Å². The number of aliphatic hydroxyl groups excluding tert-OH is 1. The number of fused-ring (bicyclic) bond motifs is 1. The van der Waals surface area contributed by atoms with Crippen LogP contribution in [0.1, 0.15) is 39.4 Å². The number of hydrogen-bond acceptors (Lipinski definition) is 7. The maximum atomic E-state index is 12.0. The Bertz CT molecular complexity index is 914. The fourth-order valence-electron chi connectivity index (χ4n) is 2.68. The summed E-state index contributed by atoms with van der Waals surface area (Å²) in [6.07, 6.45) is -1.37. The largest absolute Gasteiger partial charge is 0.496 e. The van der Waals surface area contributed by atoms with Gasteiger partial charge in [0.05, 0.1) is 12.7 Å². The van der Waals surface area contributed by atoms with Gasteiger partial charge in [-0.3, -0.25) is 0 Å². The zero-order valence-corrected chi connectivity index (χ0v) is 16.0. The summed E-state index contributed by atoms with van der Waals surface area (Å²) in [6.45, 7) is 6.33. The Morgan fingerprint density at radius 1 is 1.26 bits per heavy atom. The number of methoxy groups -OCH3 is 1. The van der Waals surface area contributed by atoms with E-state index in [4.69, 9.17) is 13.9 Å². The third-order valence-electron chi connectivity index (χ3n) is 3.92. The Balaban J connectivity index is 2.51. The van der Waals surface area contributed by atoms with Gasteiger partial charge >= 0.3 is 11.6 Å². The molecule has 2 atom stereocenters. The summed E-state index contributed by atoms with van der Waals surface area (Å²) in [5.74, 6) is -0.441. The molecule has 0 fully saturated rings. The van der Waals surface area contributed by atoms with Crippen LogP contribution in [0.15, 0.2) is 45.1 Å². The average molecular weight is 376 g/mol. The molecule has 0 aliphatic heterocycles. The van der Waals surface area contributed by atoms with E-state index in [1.807, 2.05) is 0 Å². The highest BCUT2D eigenvalue weighted by atomic mass is 16.6. The van der Waals surface area contributed by atoms with Gasteiger partial charge in [-0.25, -0.2) is 9.59 Å². The second-order valence-electron chi connectivity index (χ2n) is 7.06. The highest BCUT2D eigenvalue weighted by molar-refractivity contribution is 5.83. The zero-order chi connectivity index (χ0) is 20.4. The smallest absolute Gasteiger partial charge is 0.336 e. The van der Waals surface area contributed by atoms with E-state index in [2.05, 4.69) is 0 Å². The van der Waals surface area contributed by atoms with Crippen LogP contribution in [-0.2, 0) is 9.53 Å². The van der Waals surface area contributed by atoms with E-state index in [9.17, 15) is 19.8 Å². The lowest BCUT2D eigenvalue weighted by molar-refractivity contribution is -0.171. The number of esters is 1. The number of hydrogen-bond donors (Lipinski definition) is 2. The van der Waals surface area contributed by atoms with Crippen LogP contribution in [0.4, 0.5) is 0 Å². The molecule has 7 heteroatoms. The van der Waals surface area contributed by atoms with Crippen LogP contribution in [0, 0.1) is 0 Å². The first kappa shape index (κ1) is 20.7. The molecular formula is C20H24O7. The molecule has 0 spiro atoms. The van der Waals surface area contributed by atoms with Crippen LogP contribution in [-0.4, -0.2) is 35.0 Å². The Kier molecular flexibility index (Phi) is 6.08. The molecule has 1 heterocycles. The molecule has 2 aromatic rings. The van der Waals surface area contributed by atoms with Crippen molar-refractivity contribution in [2.75, 3.05) is 7.11 Å². The predicted molar refractivity (Wildman–Crippen MR) is 99.6 cm³/mol. The van der Waals surface area contributed by atoms with Crippen molar-refractivity contribution in [3.8, 4) is 5.75 Å². The number of carbonyl (C=O) groups excluding carboxylic acids is 1. The normalized spacial score (nSPS) is 13.7. The van der Waals surface area contributed by atoms with E-state index in [-0.39, 0.29) is 16.9 Å². The van der Waals surface area contributed by atoms with Gasteiger partial charge < -0.3 is 24.1 Å². The highest BCUT2D eigenvalue weighted by Crippen LogP contribution is 2.35. The zero-order valence-electron chi connectivity index (χ0n) is 16.0. The summed E-state index contributed by atoms with van der Waals surface area (Å²) in [4.78, 5) is 23.4. The minimum Gasteiger partial charge on any atom is -0.496 e.